The maximum Gasteiger partial charge on any atom is 0.191 e. The van der Waals surface area contributed by atoms with Gasteiger partial charge in [-0.2, -0.15) is 0 Å². The van der Waals surface area contributed by atoms with Crippen LogP contribution in [-0.2, 0) is 9.47 Å². The first-order valence-electron chi connectivity index (χ1n) is 9.66. The van der Waals surface area contributed by atoms with Crippen LogP contribution in [0.25, 0.3) is 0 Å². The lowest BCUT2D eigenvalue weighted by molar-refractivity contribution is -0.0320. The normalized spacial score (nSPS) is 16.6. The van der Waals surface area contributed by atoms with Crippen molar-refractivity contribution < 1.29 is 18.9 Å². The molecule has 0 aromatic heterocycles. The number of hydrogen-bond donors (Lipinski definition) is 2. The molecule has 152 valence electrons. The van der Waals surface area contributed by atoms with Crippen molar-refractivity contribution in [2.75, 3.05) is 47.1 Å². The third-order valence-corrected chi connectivity index (χ3v) is 4.29. The standard InChI is InChI=1S/C20H33N3O4/c1-16(27-19-7-4-6-18(14-19)24-3)15-23-20(21-2)22-10-5-11-26-17-8-12-25-13-9-17/h4,6-7,14,16-17H,5,8-13,15H2,1-3H3,(H2,21,22,23). The van der Waals surface area contributed by atoms with E-state index < -0.39 is 0 Å². The first kappa shape index (κ1) is 21.3. The van der Waals surface area contributed by atoms with E-state index in [0.29, 0.717) is 12.6 Å². The summed E-state index contributed by atoms with van der Waals surface area (Å²) in [7, 11) is 3.41. The van der Waals surface area contributed by atoms with Gasteiger partial charge in [0.05, 0.1) is 19.8 Å². The molecule has 0 aliphatic carbocycles. The van der Waals surface area contributed by atoms with E-state index in [2.05, 4.69) is 15.6 Å². The van der Waals surface area contributed by atoms with Crippen molar-refractivity contribution in [1.82, 2.24) is 10.6 Å². The Morgan fingerprint density at radius 2 is 2.04 bits per heavy atom. The fourth-order valence-corrected chi connectivity index (χ4v) is 2.78. The van der Waals surface area contributed by atoms with Gasteiger partial charge in [-0.15, -0.1) is 0 Å². The second-order valence-electron chi connectivity index (χ2n) is 6.52. The summed E-state index contributed by atoms with van der Waals surface area (Å²) in [6.45, 7) is 5.86. The number of guanidine groups is 1. The summed E-state index contributed by atoms with van der Waals surface area (Å²) < 4.78 is 22.3. The third kappa shape index (κ3) is 8.49. The minimum Gasteiger partial charge on any atom is -0.497 e. The van der Waals surface area contributed by atoms with E-state index in [0.717, 1.165) is 63.1 Å². The molecule has 1 aromatic rings. The van der Waals surface area contributed by atoms with Crippen molar-refractivity contribution in [3.05, 3.63) is 24.3 Å². The minimum absolute atomic E-state index is 0.00694. The molecule has 1 fully saturated rings. The molecule has 0 saturated carbocycles. The maximum absolute atomic E-state index is 5.91. The van der Waals surface area contributed by atoms with E-state index in [1.54, 1.807) is 14.2 Å². The summed E-state index contributed by atoms with van der Waals surface area (Å²) >= 11 is 0. The molecule has 0 bridgehead atoms. The van der Waals surface area contributed by atoms with Crippen LogP contribution in [0, 0.1) is 0 Å². The number of methoxy groups -OCH3 is 1. The molecule has 27 heavy (non-hydrogen) atoms. The van der Waals surface area contributed by atoms with Crippen LogP contribution in [0.4, 0.5) is 0 Å². The van der Waals surface area contributed by atoms with Crippen LogP contribution in [0.5, 0.6) is 11.5 Å². The average molecular weight is 380 g/mol. The summed E-state index contributed by atoms with van der Waals surface area (Å²) in [6.07, 6.45) is 3.29. The zero-order valence-electron chi connectivity index (χ0n) is 16.7. The lowest BCUT2D eigenvalue weighted by Gasteiger charge is -2.22. The fourth-order valence-electron chi connectivity index (χ4n) is 2.78. The highest BCUT2D eigenvalue weighted by atomic mass is 16.5. The molecule has 1 unspecified atom stereocenters. The van der Waals surface area contributed by atoms with E-state index in [4.69, 9.17) is 18.9 Å². The first-order valence-corrected chi connectivity index (χ1v) is 9.66. The molecule has 0 radical (unpaired) electrons. The number of rotatable bonds is 10. The number of ether oxygens (including phenoxy) is 4. The molecular weight excluding hydrogens is 346 g/mol. The Morgan fingerprint density at radius 3 is 2.78 bits per heavy atom. The van der Waals surface area contributed by atoms with Gasteiger partial charge in [0, 0.05) is 39.5 Å². The number of hydrogen-bond acceptors (Lipinski definition) is 5. The molecule has 1 atom stereocenters. The van der Waals surface area contributed by atoms with E-state index in [-0.39, 0.29) is 6.10 Å². The van der Waals surface area contributed by atoms with Crippen LogP contribution < -0.4 is 20.1 Å². The molecule has 2 rings (SSSR count). The second kappa shape index (κ2) is 12.4. The van der Waals surface area contributed by atoms with Gasteiger partial charge < -0.3 is 29.6 Å². The number of nitrogens with zero attached hydrogens (tertiary/aromatic N) is 1. The van der Waals surface area contributed by atoms with Crippen molar-refractivity contribution in [1.29, 1.82) is 0 Å². The quantitative estimate of drug-likeness (QED) is 0.369. The monoisotopic (exact) mass is 379 g/mol. The molecule has 7 heteroatoms. The topological polar surface area (TPSA) is 73.3 Å². The Kier molecular flexibility index (Phi) is 9.79. The van der Waals surface area contributed by atoms with Crippen LogP contribution in [0.3, 0.4) is 0 Å². The number of aliphatic imine (C=N–C) groups is 1. The van der Waals surface area contributed by atoms with E-state index >= 15 is 0 Å². The summed E-state index contributed by atoms with van der Waals surface area (Å²) in [5.74, 6) is 2.34. The highest BCUT2D eigenvalue weighted by molar-refractivity contribution is 5.79. The van der Waals surface area contributed by atoms with Gasteiger partial charge in [-0.1, -0.05) is 6.07 Å². The Hall–Kier alpha value is -1.99. The van der Waals surface area contributed by atoms with Crippen LogP contribution >= 0.6 is 0 Å². The van der Waals surface area contributed by atoms with Gasteiger partial charge in [-0.05, 0) is 38.3 Å². The SMILES string of the molecule is CN=C(NCCCOC1CCOCC1)NCC(C)Oc1cccc(OC)c1. The van der Waals surface area contributed by atoms with Crippen molar-refractivity contribution in [3.63, 3.8) is 0 Å². The predicted octanol–water partition coefficient (Wildman–Crippen LogP) is 2.21. The van der Waals surface area contributed by atoms with Crippen LogP contribution in [-0.4, -0.2) is 65.2 Å². The number of benzene rings is 1. The molecule has 1 aliphatic rings. The van der Waals surface area contributed by atoms with Gasteiger partial charge in [0.25, 0.3) is 0 Å². The Balaban J connectivity index is 1.58. The maximum atomic E-state index is 5.91. The van der Waals surface area contributed by atoms with Crippen molar-refractivity contribution in [2.45, 2.75) is 38.4 Å². The van der Waals surface area contributed by atoms with Gasteiger partial charge in [0.2, 0.25) is 0 Å². The van der Waals surface area contributed by atoms with E-state index in [1.165, 1.54) is 0 Å². The largest absolute Gasteiger partial charge is 0.497 e. The molecule has 1 aromatic carbocycles. The van der Waals surface area contributed by atoms with Gasteiger partial charge in [-0.25, -0.2) is 0 Å². The molecular formula is C20H33N3O4. The molecule has 2 N–H and O–H groups in total. The lowest BCUT2D eigenvalue weighted by atomic mass is 10.1. The van der Waals surface area contributed by atoms with Crippen molar-refractivity contribution in [2.24, 2.45) is 4.99 Å². The smallest absolute Gasteiger partial charge is 0.191 e. The molecule has 1 heterocycles. The third-order valence-electron chi connectivity index (χ3n) is 4.29. The zero-order chi connectivity index (χ0) is 19.3. The second-order valence-corrected chi connectivity index (χ2v) is 6.52. The zero-order valence-corrected chi connectivity index (χ0v) is 16.7. The van der Waals surface area contributed by atoms with Crippen molar-refractivity contribution in [3.8, 4) is 11.5 Å². The molecule has 1 saturated heterocycles. The van der Waals surface area contributed by atoms with Gasteiger partial charge in [0.1, 0.15) is 17.6 Å². The number of nitrogens with one attached hydrogen (secondary N) is 2. The molecule has 7 nitrogen and oxygen atoms in total. The fraction of sp³-hybridized carbons (Fsp3) is 0.650. The Labute approximate surface area is 162 Å². The molecule has 1 aliphatic heterocycles. The molecule has 0 amide bonds. The summed E-state index contributed by atoms with van der Waals surface area (Å²) in [4.78, 5) is 4.24. The summed E-state index contributed by atoms with van der Waals surface area (Å²) in [5.41, 5.74) is 0. The van der Waals surface area contributed by atoms with Gasteiger partial charge in [0.15, 0.2) is 5.96 Å². The summed E-state index contributed by atoms with van der Waals surface area (Å²) in [5, 5.41) is 6.59. The summed E-state index contributed by atoms with van der Waals surface area (Å²) in [6, 6.07) is 7.61. The van der Waals surface area contributed by atoms with Gasteiger partial charge in [-0.3, -0.25) is 4.99 Å². The van der Waals surface area contributed by atoms with E-state index in [1.807, 2.05) is 31.2 Å². The predicted molar refractivity (Wildman–Crippen MR) is 107 cm³/mol. The minimum atomic E-state index is -0.00694. The Morgan fingerprint density at radius 1 is 1.26 bits per heavy atom. The average Bonchev–Trinajstić information content (AvgIpc) is 2.71. The highest BCUT2D eigenvalue weighted by Crippen LogP contribution is 2.19. The van der Waals surface area contributed by atoms with Crippen LogP contribution in [0.15, 0.2) is 29.3 Å². The first-order chi connectivity index (χ1) is 13.2. The highest BCUT2D eigenvalue weighted by Gasteiger charge is 2.13. The van der Waals surface area contributed by atoms with Gasteiger partial charge >= 0.3 is 0 Å². The Bertz CT molecular complexity index is 562. The van der Waals surface area contributed by atoms with Crippen molar-refractivity contribution >= 4 is 5.96 Å². The molecule has 0 spiro atoms. The van der Waals surface area contributed by atoms with E-state index in [9.17, 15) is 0 Å². The van der Waals surface area contributed by atoms with Crippen LogP contribution in [0.1, 0.15) is 26.2 Å². The van der Waals surface area contributed by atoms with Crippen LogP contribution in [0.2, 0.25) is 0 Å². The lowest BCUT2D eigenvalue weighted by Crippen LogP contribution is -2.42.